The van der Waals surface area contributed by atoms with Gasteiger partial charge in [-0.25, -0.2) is 0 Å². The zero-order valence-electron chi connectivity index (χ0n) is 7.01. The lowest BCUT2D eigenvalue weighted by Gasteiger charge is -2.22. The monoisotopic (exact) mass is 172 g/mol. The second-order valence-electron chi connectivity index (χ2n) is 3.51. The van der Waals surface area contributed by atoms with Gasteiger partial charge < -0.3 is 4.74 Å². The minimum atomic E-state index is -0.378. The lowest BCUT2D eigenvalue weighted by atomic mass is 9.78. The molecule has 0 radical (unpaired) electrons. The fourth-order valence-corrected chi connectivity index (χ4v) is 1.44. The van der Waals surface area contributed by atoms with E-state index in [4.69, 9.17) is 17.0 Å². The first-order valence-corrected chi connectivity index (χ1v) is 4.13. The van der Waals surface area contributed by atoms with Gasteiger partial charge in [0.15, 0.2) is 5.05 Å². The third kappa shape index (κ3) is 1.29. The summed E-state index contributed by atoms with van der Waals surface area (Å²) in [7, 11) is 0. The number of esters is 1. The maximum Gasteiger partial charge on any atom is 0.318 e. The smallest absolute Gasteiger partial charge is 0.318 e. The molecule has 1 atom stereocenters. The highest BCUT2D eigenvalue weighted by Gasteiger charge is 2.45. The summed E-state index contributed by atoms with van der Waals surface area (Å²) >= 11 is 4.82. The molecule has 2 nitrogen and oxygen atoms in total. The highest BCUT2D eigenvalue weighted by atomic mass is 32.1. The van der Waals surface area contributed by atoms with Gasteiger partial charge in [-0.1, -0.05) is 13.8 Å². The topological polar surface area (TPSA) is 26.3 Å². The largest absolute Gasteiger partial charge is 0.419 e. The van der Waals surface area contributed by atoms with Crippen LogP contribution in [0.5, 0.6) is 0 Å². The van der Waals surface area contributed by atoms with Gasteiger partial charge in [-0.15, -0.1) is 0 Å². The van der Waals surface area contributed by atoms with Crippen molar-refractivity contribution < 1.29 is 9.53 Å². The number of hydrogen-bond donors (Lipinski definition) is 0. The molecule has 0 saturated carbocycles. The fourth-order valence-electron chi connectivity index (χ4n) is 1.07. The standard InChI is InChI=1S/C8H12O2S/c1-5(2)8(3)4-6(11)10-7(8)9/h5H,4H2,1-3H3. The lowest BCUT2D eigenvalue weighted by molar-refractivity contribution is -0.143. The summed E-state index contributed by atoms with van der Waals surface area (Å²) < 4.78 is 4.83. The number of thiocarbonyl (C=S) groups is 1. The first-order chi connectivity index (χ1) is 4.97. The van der Waals surface area contributed by atoms with Crippen molar-refractivity contribution in [3.05, 3.63) is 0 Å². The summed E-state index contributed by atoms with van der Waals surface area (Å²) in [5, 5.41) is 0.436. The van der Waals surface area contributed by atoms with Gasteiger partial charge in [0.2, 0.25) is 0 Å². The Balaban J connectivity index is 2.87. The van der Waals surface area contributed by atoms with Crippen molar-refractivity contribution in [3.8, 4) is 0 Å². The number of rotatable bonds is 1. The molecule has 0 amide bonds. The van der Waals surface area contributed by atoms with Crippen LogP contribution in [0, 0.1) is 11.3 Å². The van der Waals surface area contributed by atoms with E-state index in [1.807, 2.05) is 20.8 Å². The average Bonchev–Trinajstić information content (AvgIpc) is 2.08. The Kier molecular flexibility index (Phi) is 2.01. The van der Waals surface area contributed by atoms with Crippen molar-refractivity contribution in [2.75, 3.05) is 0 Å². The molecule has 11 heavy (non-hydrogen) atoms. The van der Waals surface area contributed by atoms with Crippen LogP contribution < -0.4 is 0 Å². The molecule has 0 aromatic heterocycles. The molecule has 1 saturated heterocycles. The molecule has 0 bridgehead atoms. The minimum Gasteiger partial charge on any atom is -0.419 e. The van der Waals surface area contributed by atoms with Crippen molar-refractivity contribution in [3.63, 3.8) is 0 Å². The predicted molar refractivity (Wildman–Crippen MR) is 46.3 cm³/mol. The maximum absolute atomic E-state index is 11.2. The summed E-state index contributed by atoms with van der Waals surface area (Å²) in [5.41, 5.74) is -0.378. The number of hydrogen-bond acceptors (Lipinski definition) is 3. The molecular formula is C8H12O2S. The molecule has 1 fully saturated rings. The summed E-state index contributed by atoms with van der Waals surface area (Å²) in [5.74, 6) is 0.118. The molecular weight excluding hydrogens is 160 g/mol. The SMILES string of the molecule is CC(C)C1(C)CC(=S)OC1=O. The fraction of sp³-hybridized carbons (Fsp3) is 0.750. The van der Waals surface area contributed by atoms with Crippen LogP contribution in [-0.2, 0) is 9.53 Å². The second-order valence-corrected chi connectivity index (χ2v) is 3.97. The van der Waals surface area contributed by atoms with E-state index in [1.54, 1.807) is 0 Å². The number of carbonyl (C=O) groups excluding carboxylic acids is 1. The highest BCUT2D eigenvalue weighted by Crippen LogP contribution is 2.37. The molecule has 1 rings (SSSR count). The molecule has 0 N–H and O–H groups in total. The zero-order valence-corrected chi connectivity index (χ0v) is 7.83. The number of ether oxygens (including phenoxy) is 1. The Hall–Kier alpha value is -0.440. The van der Waals surface area contributed by atoms with Gasteiger partial charge in [-0.2, -0.15) is 0 Å². The first kappa shape index (κ1) is 8.65. The Bertz CT molecular complexity index is 210. The lowest BCUT2D eigenvalue weighted by Crippen LogP contribution is -2.28. The summed E-state index contributed by atoms with van der Waals surface area (Å²) in [6.07, 6.45) is 0.596. The van der Waals surface area contributed by atoms with Crippen LogP contribution >= 0.6 is 12.2 Å². The van der Waals surface area contributed by atoms with Crippen molar-refractivity contribution in [1.29, 1.82) is 0 Å². The molecule has 62 valence electrons. The summed E-state index contributed by atoms with van der Waals surface area (Å²) in [6, 6.07) is 0. The second kappa shape index (κ2) is 2.55. The Morgan fingerprint density at radius 3 is 2.36 bits per heavy atom. The molecule has 0 aliphatic carbocycles. The van der Waals surface area contributed by atoms with Gasteiger partial charge in [-0.05, 0) is 25.1 Å². The van der Waals surface area contributed by atoms with Gasteiger partial charge in [0.05, 0.1) is 5.41 Å². The van der Waals surface area contributed by atoms with Crippen molar-refractivity contribution in [2.45, 2.75) is 27.2 Å². The minimum absolute atomic E-state index is 0.169. The van der Waals surface area contributed by atoms with Crippen molar-refractivity contribution in [2.24, 2.45) is 11.3 Å². The summed E-state index contributed by atoms with van der Waals surface area (Å²) in [4.78, 5) is 11.2. The molecule has 1 unspecified atom stereocenters. The summed E-state index contributed by atoms with van der Waals surface area (Å²) in [6.45, 7) is 5.92. The van der Waals surface area contributed by atoms with Gasteiger partial charge >= 0.3 is 5.97 Å². The van der Waals surface area contributed by atoms with E-state index in [-0.39, 0.29) is 17.3 Å². The van der Waals surface area contributed by atoms with Crippen LogP contribution in [0.2, 0.25) is 0 Å². The maximum atomic E-state index is 11.2. The molecule has 1 aliphatic heterocycles. The van der Waals surface area contributed by atoms with Crippen molar-refractivity contribution >= 4 is 23.2 Å². The van der Waals surface area contributed by atoms with Crippen LogP contribution in [0.4, 0.5) is 0 Å². The first-order valence-electron chi connectivity index (χ1n) is 3.72. The van der Waals surface area contributed by atoms with Crippen LogP contribution in [0.1, 0.15) is 27.2 Å². The molecule has 1 heterocycles. The van der Waals surface area contributed by atoms with E-state index in [1.165, 1.54) is 0 Å². The quantitative estimate of drug-likeness (QED) is 0.446. The molecule has 0 spiro atoms. The average molecular weight is 172 g/mol. The van der Waals surface area contributed by atoms with E-state index in [2.05, 4.69) is 0 Å². The van der Waals surface area contributed by atoms with Crippen LogP contribution in [0.3, 0.4) is 0 Å². The number of carbonyl (C=O) groups is 1. The Morgan fingerprint density at radius 1 is 1.64 bits per heavy atom. The number of cyclic esters (lactones) is 1. The van der Waals surface area contributed by atoms with Crippen LogP contribution in [0.25, 0.3) is 0 Å². The zero-order chi connectivity index (χ0) is 8.65. The molecule has 0 aromatic carbocycles. The normalized spacial score (nSPS) is 31.3. The van der Waals surface area contributed by atoms with E-state index < -0.39 is 0 Å². The molecule has 3 heteroatoms. The van der Waals surface area contributed by atoms with E-state index in [0.29, 0.717) is 11.5 Å². The van der Waals surface area contributed by atoms with Gasteiger partial charge in [0.1, 0.15) is 0 Å². The third-order valence-electron chi connectivity index (χ3n) is 2.46. The third-order valence-corrected chi connectivity index (χ3v) is 2.69. The van der Waals surface area contributed by atoms with Gasteiger partial charge in [0, 0.05) is 6.42 Å². The molecule has 0 aromatic rings. The Labute approximate surface area is 71.9 Å². The van der Waals surface area contributed by atoms with Crippen molar-refractivity contribution in [1.82, 2.24) is 0 Å². The molecule has 1 aliphatic rings. The van der Waals surface area contributed by atoms with E-state index in [0.717, 1.165) is 0 Å². The van der Waals surface area contributed by atoms with Gasteiger partial charge in [-0.3, -0.25) is 4.79 Å². The highest BCUT2D eigenvalue weighted by molar-refractivity contribution is 7.80. The van der Waals surface area contributed by atoms with E-state index >= 15 is 0 Å². The van der Waals surface area contributed by atoms with Gasteiger partial charge in [0.25, 0.3) is 0 Å². The van der Waals surface area contributed by atoms with Crippen LogP contribution in [-0.4, -0.2) is 11.0 Å². The van der Waals surface area contributed by atoms with E-state index in [9.17, 15) is 4.79 Å². The Morgan fingerprint density at radius 2 is 2.18 bits per heavy atom. The van der Waals surface area contributed by atoms with Crippen LogP contribution in [0.15, 0.2) is 0 Å². The predicted octanol–water partition coefficient (Wildman–Crippen LogP) is 1.92.